The number of amides is 1. The number of carbonyl (C=O) groups is 1. The van der Waals surface area contributed by atoms with Crippen molar-refractivity contribution in [1.82, 2.24) is 9.88 Å². The summed E-state index contributed by atoms with van der Waals surface area (Å²) in [5.74, 6) is 1.21. The number of rotatable bonds is 5. The summed E-state index contributed by atoms with van der Waals surface area (Å²) in [7, 11) is 0. The molecule has 0 unspecified atom stereocenters. The Bertz CT molecular complexity index is 729. The van der Waals surface area contributed by atoms with Crippen molar-refractivity contribution in [3.63, 3.8) is 0 Å². The molecule has 0 saturated carbocycles. The Labute approximate surface area is 141 Å². The van der Waals surface area contributed by atoms with E-state index in [2.05, 4.69) is 15.3 Å². The fourth-order valence-electron chi connectivity index (χ4n) is 2.72. The Hall–Kier alpha value is -2.89. The molecule has 1 aliphatic rings. The van der Waals surface area contributed by atoms with Crippen molar-refractivity contribution in [3.05, 3.63) is 59.8 Å². The average Bonchev–Trinajstić information content (AvgIpc) is 3.00. The number of aliphatic imine (C=N–C) groups is 1. The highest BCUT2D eigenvalue weighted by molar-refractivity contribution is 5.91. The van der Waals surface area contributed by atoms with Gasteiger partial charge in [0.1, 0.15) is 5.82 Å². The van der Waals surface area contributed by atoms with Crippen molar-refractivity contribution in [1.29, 1.82) is 0 Å². The van der Waals surface area contributed by atoms with E-state index in [1.807, 2.05) is 47.4 Å². The van der Waals surface area contributed by atoms with Crippen LogP contribution >= 0.6 is 0 Å². The molecule has 2 aromatic rings. The first-order valence-corrected chi connectivity index (χ1v) is 8.05. The minimum absolute atomic E-state index is 0.227. The SMILES string of the molecule is NC(=NCc1ccccc1CN1CCCC1=O)Nc1ccccn1. The molecule has 3 N–H and O–H groups in total. The number of guanidine groups is 1. The van der Waals surface area contributed by atoms with Crippen LogP contribution in [0.5, 0.6) is 0 Å². The van der Waals surface area contributed by atoms with Gasteiger partial charge < -0.3 is 16.0 Å². The maximum atomic E-state index is 11.8. The predicted octanol–water partition coefficient (Wildman–Crippen LogP) is 2.13. The van der Waals surface area contributed by atoms with Crippen LogP contribution < -0.4 is 11.1 Å². The van der Waals surface area contributed by atoms with Gasteiger partial charge in [0.2, 0.25) is 5.91 Å². The van der Waals surface area contributed by atoms with Crippen LogP contribution in [0.15, 0.2) is 53.7 Å². The third-order valence-electron chi connectivity index (χ3n) is 3.99. The van der Waals surface area contributed by atoms with E-state index in [9.17, 15) is 4.79 Å². The number of likely N-dealkylation sites (tertiary alicyclic amines) is 1. The zero-order chi connectivity index (χ0) is 16.8. The lowest BCUT2D eigenvalue weighted by molar-refractivity contribution is -0.128. The lowest BCUT2D eigenvalue weighted by Gasteiger charge is -2.17. The summed E-state index contributed by atoms with van der Waals surface area (Å²) in [5.41, 5.74) is 8.11. The van der Waals surface area contributed by atoms with Crippen LogP contribution in [0.3, 0.4) is 0 Å². The average molecular weight is 323 g/mol. The van der Waals surface area contributed by atoms with E-state index < -0.39 is 0 Å². The standard InChI is InChI=1S/C18H21N5O/c19-18(22-16-8-3-4-10-20-16)21-12-14-6-1-2-7-15(14)13-23-11-5-9-17(23)24/h1-4,6-8,10H,5,9,11-13H2,(H3,19,20,21,22). The Morgan fingerprint density at radius 2 is 2.00 bits per heavy atom. The summed E-state index contributed by atoms with van der Waals surface area (Å²) in [6.07, 6.45) is 3.29. The molecule has 0 bridgehead atoms. The number of anilines is 1. The van der Waals surface area contributed by atoms with Crippen molar-refractivity contribution in [2.24, 2.45) is 10.7 Å². The van der Waals surface area contributed by atoms with Gasteiger partial charge in [-0.15, -0.1) is 0 Å². The summed E-state index contributed by atoms with van der Waals surface area (Å²) in [6.45, 7) is 1.93. The predicted molar refractivity (Wildman–Crippen MR) is 94.3 cm³/mol. The van der Waals surface area contributed by atoms with Crippen LogP contribution in [-0.2, 0) is 17.9 Å². The fourth-order valence-corrected chi connectivity index (χ4v) is 2.72. The van der Waals surface area contributed by atoms with Crippen molar-refractivity contribution in [2.45, 2.75) is 25.9 Å². The number of hydrogen-bond donors (Lipinski definition) is 2. The van der Waals surface area contributed by atoms with Crippen LogP contribution in [0.1, 0.15) is 24.0 Å². The molecule has 6 heteroatoms. The van der Waals surface area contributed by atoms with Gasteiger partial charge in [-0.3, -0.25) is 4.79 Å². The van der Waals surface area contributed by atoms with Crippen molar-refractivity contribution in [2.75, 3.05) is 11.9 Å². The van der Waals surface area contributed by atoms with Gasteiger partial charge in [-0.05, 0) is 29.7 Å². The zero-order valence-electron chi connectivity index (χ0n) is 13.5. The summed E-state index contributed by atoms with van der Waals surface area (Å²) in [5, 5.41) is 2.96. The minimum Gasteiger partial charge on any atom is -0.370 e. The smallest absolute Gasteiger partial charge is 0.222 e. The summed E-state index contributed by atoms with van der Waals surface area (Å²) >= 11 is 0. The normalized spacial score (nSPS) is 14.9. The molecule has 1 amide bonds. The van der Waals surface area contributed by atoms with Gasteiger partial charge in [0.25, 0.3) is 0 Å². The van der Waals surface area contributed by atoms with E-state index in [1.54, 1.807) is 6.20 Å². The number of nitrogens with zero attached hydrogens (tertiary/aromatic N) is 3. The van der Waals surface area contributed by atoms with Gasteiger partial charge in [0, 0.05) is 25.7 Å². The monoisotopic (exact) mass is 323 g/mol. The second-order valence-corrected chi connectivity index (χ2v) is 5.73. The quantitative estimate of drug-likeness (QED) is 0.652. The summed E-state index contributed by atoms with van der Waals surface area (Å²) < 4.78 is 0. The molecule has 1 aromatic heterocycles. The zero-order valence-corrected chi connectivity index (χ0v) is 13.5. The third-order valence-corrected chi connectivity index (χ3v) is 3.99. The Morgan fingerprint density at radius 3 is 2.71 bits per heavy atom. The maximum Gasteiger partial charge on any atom is 0.222 e. The lowest BCUT2D eigenvalue weighted by Crippen LogP contribution is -2.25. The van der Waals surface area contributed by atoms with Gasteiger partial charge in [-0.2, -0.15) is 0 Å². The number of nitrogens with two attached hydrogens (primary N) is 1. The highest BCUT2D eigenvalue weighted by Gasteiger charge is 2.20. The number of carbonyl (C=O) groups excluding carboxylic acids is 1. The van der Waals surface area contributed by atoms with Gasteiger partial charge in [-0.1, -0.05) is 30.3 Å². The Morgan fingerprint density at radius 1 is 1.21 bits per heavy atom. The largest absolute Gasteiger partial charge is 0.370 e. The molecule has 2 heterocycles. The molecule has 0 spiro atoms. The van der Waals surface area contributed by atoms with E-state index in [0.29, 0.717) is 31.3 Å². The topological polar surface area (TPSA) is 83.6 Å². The Balaban J connectivity index is 1.66. The molecule has 0 atom stereocenters. The van der Waals surface area contributed by atoms with Crippen LogP contribution in [-0.4, -0.2) is 28.3 Å². The highest BCUT2D eigenvalue weighted by Crippen LogP contribution is 2.17. The van der Waals surface area contributed by atoms with Crippen molar-refractivity contribution >= 4 is 17.7 Å². The van der Waals surface area contributed by atoms with E-state index in [-0.39, 0.29) is 5.91 Å². The van der Waals surface area contributed by atoms with E-state index in [0.717, 1.165) is 24.1 Å². The number of pyridine rings is 1. The van der Waals surface area contributed by atoms with E-state index in [1.165, 1.54) is 0 Å². The van der Waals surface area contributed by atoms with Gasteiger partial charge in [0.15, 0.2) is 5.96 Å². The molecule has 24 heavy (non-hydrogen) atoms. The first-order valence-electron chi connectivity index (χ1n) is 8.05. The molecule has 6 nitrogen and oxygen atoms in total. The van der Waals surface area contributed by atoms with Crippen molar-refractivity contribution in [3.8, 4) is 0 Å². The molecule has 1 aromatic carbocycles. The van der Waals surface area contributed by atoms with Crippen LogP contribution in [0.2, 0.25) is 0 Å². The first-order chi connectivity index (χ1) is 11.7. The summed E-state index contributed by atoms with van der Waals surface area (Å²) in [6, 6.07) is 13.6. The molecular formula is C18H21N5O. The van der Waals surface area contributed by atoms with Gasteiger partial charge >= 0.3 is 0 Å². The highest BCUT2D eigenvalue weighted by atomic mass is 16.2. The van der Waals surface area contributed by atoms with Crippen LogP contribution in [0.25, 0.3) is 0 Å². The fraction of sp³-hybridized carbons (Fsp3) is 0.278. The van der Waals surface area contributed by atoms with Gasteiger partial charge in [-0.25, -0.2) is 9.98 Å². The maximum absolute atomic E-state index is 11.8. The number of aromatic nitrogens is 1. The second-order valence-electron chi connectivity index (χ2n) is 5.73. The van der Waals surface area contributed by atoms with E-state index in [4.69, 9.17) is 5.73 Å². The molecule has 1 fully saturated rings. The molecule has 1 saturated heterocycles. The minimum atomic E-state index is 0.227. The number of hydrogen-bond acceptors (Lipinski definition) is 3. The van der Waals surface area contributed by atoms with Crippen LogP contribution in [0, 0.1) is 0 Å². The van der Waals surface area contributed by atoms with E-state index >= 15 is 0 Å². The summed E-state index contributed by atoms with van der Waals surface area (Å²) in [4.78, 5) is 22.3. The third kappa shape index (κ3) is 4.10. The second kappa shape index (κ2) is 7.59. The molecule has 1 aliphatic heterocycles. The van der Waals surface area contributed by atoms with Gasteiger partial charge in [0.05, 0.1) is 6.54 Å². The Kier molecular flexibility index (Phi) is 5.05. The number of benzene rings is 1. The van der Waals surface area contributed by atoms with Crippen LogP contribution in [0.4, 0.5) is 5.82 Å². The lowest BCUT2D eigenvalue weighted by atomic mass is 10.1. The molecule has 0 aliphatic carbocycles. The molecule has 0 radical (unpaired) electrons. The molecule has 3 rings (SSSR count). The van der Waals surface area contributed by atoms with Crippen molar-refractivity contribution < 1.29 is 4.79 Å². The molecule has 124 valence electrons. The first kappa shape index (κ1) is 16.0. The molecular weight excluding hydrogens is 302 g/mol. The number of nitrogens with one attached hydrogen (secondary N) is 1.